The summed E-state index contributed by atoms with van der Waals surface area (Å²) in [7, 11) is -4.14. The summed E-state index contributed by atoms with van der Waals surface area (Å²) in [5, 5.41) is 16.2. The average molecular weight is 341 g/mol. The molecule has 2 aliphatic rings. The monoisotopic (exact) mass is 341 g/mol. The number of morpholine rings is 1. The van der Waals surface area contributed by atoms with Crippen molar-refractivity contribution in [1.29, 1.82) is 0 Å². The molecule has 1 heterocycles. The predicted octanol–water partition coefficient (Wildman–Crippen LogP) is 1.25. The maximum Gasteiger partial charge on any atom is 0.291 e. The van der Waals surface area contributed by atoms with Gasteiger partial charge >= 0.3 is 0 Å². The van der Waals surface area contributed by atoms with Gasteiger partial charge in [-0.2, -0.15) is 0 Å². The van der Waals surface area contributed by atoms with E-state index in [2.05, 4.69) is 0 Å². The molecule has 9 heteroatoms. The van der Waals surface area contributed by atoms with Gasteiger partial charge in [0.2, 0.25) is 10.0 Å². The third kappa shape index (κ3) is 3.46. The van der Waals surface area contributed by atoms with Crippen molar-refractivity contribution in [3.8, 4) is 0 Å². The zero-order valence-corrected chi connectivity index (χ0v) is 13.5. The van der Waals surface area contributed by atoms with E-state index >= 15 is 0 Å². The Bertz CT molecular complexity index is 732. The van der Waals surface area contributed by atoms with Gasteiger partial charge in [-0.1, -0.05) is 0 Å². The lowest BCUT2D eigenvalue weighted by atomic mass is 10.1. The van der Waals surface area contributed by atoms with Gasteiger partial charge in [-0.05, 0) is 37.8 Å². The van der Waals surface area contributed by atoms with E-state index < -0.39 is 25.5 Å². The fourth-order valence-electron chi connectivity index (χ4n) is 3.01. The number of rotatable bonds is 4. The number of nitro groups is 1. The molecule has 1 aromatic rings. The summed E-state index contributed by atoms with van der Waals surface area (Å²) in [6, 6.07) is 4.05. The first kappa shape index (κ1) is 16.2. The molecule has 0 amide bonds. The second-order valence-corrected chi connectivity index (χ2v) is 7.71. The van der Waals surface area contributed by atoms with Crippen LogP contribution in [0, 0.1) is 16.0 Å². The third-order valence-corrected chi connectivity index (χ3v) is 5.20. The zero-order valence-electron chi connectivity index (χ0n) is 12.7. The van der Waals surface area contributed by atoms with Crippen molar-refractivity contribution in [2.75, 3.05) is 18.0 Å². The first-order valence-corrected chi connectivity index (χ1v) is 9.02. The minimum atomic E-state index is -4.14. The third-order valence-electron chi connectivity index (χ3n) is 4.24. The molecule has 2 N–H and O–H groups in total. The van der Waals surface area contributed by atoms with Crippen LogP contribution in [0.2, 0.25) is 0 Å². The molecule has 2 atom stereocenters. The number of nitrogens with zero attached hydrogens (tertiary/aromatic N) is 2. The van der Waals surface area contributed by atoms with Crippen LogP contribution in [-0.2, 0) is 14.8 Å². The Hall–Kier alpha value is -1.71. The number of primary sulfonamides is 1. The summed E-state index contributed by atoms with van der Waals surface area (Å²) < 4.78 is 28.9. The molecule has 1 saturated carbocycles. The van der Waals surface area contributed by atoms with E-state index in [9.17, 15) is 18.5 Å². The average Bonchev–Trinajstić information content (AvgIpc) is 3.29. The fourth-order valence-corrected chi connectivity index (χ4v) is 3.69. The summed E-state index contributed by atoms with van der Waals surface area (Å²) >= 11 is 0. The molecule has 1 aliphatic heterocycles. The number of sulfonamides is 1. The van der Waals surface area contributed by atoms with Crippen LogP contribution in [0.15, 0.2) is 23.1 Å². The van der Waals surface area contributed by atoms with Gasteiger partial charge in [0.15, 0.2) is 4.90 Å². The van der Waals surface area contributed by atoms with E-state index in [4.69, 9.17) is 9.88 Å². The van der Waals surface area contributed by atoms with E-state index in [0.29, 0.717) is 24.7 Å². The number of hydrogen-bond acceptors (Lipinski definition) is 6. The van der Waals surface area contributed by atoms with E-state index in [-0.39, 0.29) is 12.2 Å². The van der Waals surface area contributed by atoms with Gasteiger partial charge < -0.3 is 9.64 Å². The second-order valence-electron chi connectivity index (χ2n) is 6.18. The first-order valence-electron chi connectivity index (χ1n) is 7.47. The SMILES string of the molecule is C[C@H]1CN(c2ccc(S(N)(=O)=O)c([N+](=O)[O-])c2)C[C@H](C2CC2)O1. The number of nitrogens with two attached hydrogens (primary N) is 1. The highest BCUT2D eigenvalue weighted by Gasteiger charge is 2.37. The predicted molar refractivity (Wildman–Crippen MR) is 83.7 cm³/mol. The molecule has 0 spiro atoms. The number of anilines is 1. The van der Waals surface area contributed by atoms with E-state index in [1.54, 1.807) is 6.07 Å². The molecule has 0 bridgehead atoms. The number of benzene rings is 1. The van der Waals surface area contributed by atoms with E-state index in [1.807, 2.05) is 11.8 Å². The summed E-state index contributed by atoms with van der Waals surface area (Å²) in [6.45, 7) is 3.23. The molecule has 0 aromatic heterocycles. The van der Waals surface area contributed by atoms with Crippen LogP contribution in [-0.4, -0.2) is 38.6 Å². The Balaban J connectivity index is 1.93. The van der Waals surface area contributed by atoms with E-state index in [1.165, 1.54) is 12.1 Å². The number of hydrogen-bond donors (Lipinski definition) is 1. The van der Waals surface area contributed by atoms with Gasteiger partial charge in [-0.25, -0.2) is 13.6 Å². The largest absolute Gasteiger partial charge is 0.371 e. The van der Waals surface area contributed by atoms with Crippen LogP contribution >= 0.6 is 0 Å². The number of ether oxygens (including phenoxy) is 1. The van der Waals surface area contributed by atoms with Crippen LogP contribution in [0.5, 0.6) is 0 Å². The standard InChI is InChI=1S/C14H19N3O5S/c1-9-7-16(8-13(22-9)10-2-3-10)11-4-5-14(23(15,20)21)12(6-11)17(18)19/h4-6,9-10,13H,2-3,7-8H2,1H3,(H2,15,20,21)/t9-,13+/m0/s1. The molecular weight excluding hydrogens is 322 g/mol. The van der Waals surface area contributed by atoms with Crippen molar-refractivity contribution in [2.45, 2.75) is 36.9 Å². The van der Waals surface area contributed by atoms with Crippen LogP contribution in [0.1, 0.15) is 19.8 Å². The normalized spacial score (nSPS) is 25.4. The van der Waals surface area contributed by atoms with Crippen LogP contribution < -0.4 is 10.0 Å². The lowest BCUT2D eigenvalue weighted by molar-refractivity contribution is -0.387. The first-order chi connectivity index (χ1) is 10.8. The Kier molecular flexibility index (Phi) is 4.03. The highest BCUT2D eigenvalue weighted by atomic mass is 32.2. The van der Waals surface area contributed by atoms with Crippen LogP contribution in [0.4, 0.5) is 11.4 Å². The maximum absolute atomic E-state index is 11.5. The quantitative estimate of drug-likeness (QED) is 0.651. The van der Waals surface area contributed by atoms with Gasteiger partial charge in [-0.15, -0.1) is 0 Å². The minimum absolute atomic E-state index is 0.0197. The summed E-state index contributed by atoms with van der Waals surface area (Å²) in [6.07, 6.45) is 2.44. The number of nitro benzene ring substituents is 1. The molecule has 1 saturated heterocycles. The molecular formula is C14H19N3O5S. The van der Waals surface area contributed by atoms with Gasteiger partial charge in [0.05, 0.1) is 17.1 Å². The second kappa shape index (κ2) is 5.73. The Morgan fingerprint density at radius 2 is 2.04 bits per heavy atom. The summed E-state index contributed by atoms with van der Waals surface area (Å²) in [4.78, 5) is 12.0. The molecule has 0 unspecified atom stereocenters. The zero-order chi connectivity index (χ0) is 16.8. The molecule has 23 heavy (non-hydrogen) atoms. The summed E-state index contributed by atoms with van der Waals surface area (Å²) in [5.74, 6) is 0.555. The Labute approximate surface area is 134 Å². The van der Waals surface area contributed by atoms with Crippen LogP contribution in [0.25, 0.3) is 0 Å². The molecule has 0 radical (unpaired) electrons. The van der Waals surface area contributed by atoms with Crippen molar-refractivity contribution in [3.05, 3.63) is 28.3 Å². The highest BCUT2D eigenvalue weighted by molar-refractivity contribution is 7.89. The topological polar surface area (TPSA) is 116 Å². The van der Waals surface area contributed by atoms with Crippen LogP contribution in [0.3, 0.4) is 0 Å². The van der Waals surface area contributed by atoms with Crippen molar-refractivity contribution < 1.29 is 18.1 Å². The van der Waals surface area contributed by atoms with Gasteiger partial charge in [0.1, 0.15) is 0 Å². The van der Waals surface area contributed by atoms with Gasteiger partial charge in [0.25, 0.3) is 5.69 Å². The van der Waals surface area contributed by atoms with Gasteiger partial charge in [0, 0.05) is 24.8 Å². The van der Waals surface area contributed by atoms with Gasteiger partial charge in [-0.3, -0.25) is 10.1 Å². The molecule has 8 nitrogen and oxygen atoms in total. The molecule has 3 rings (SSSR count). The molecule has 126 valence electrons. The van der Waals surface area contributed by atoms with Crippen molar-refractivity contribution in [1.82, 2.24) is 0 Å². The molecule has 2 fully saturated rings. The fraction of sp³-hybridized carbons (Fsp3) is 0.571. The highest BCUT2D eigenvalue weighted by Crippen LogP contribution is 2.38. The molecule has 1 aliphatic carbocycles. The van der Waals surface area contributed by atoms with E-state index in [0.717, 1.165) is 12.8 Å². The lowest BCUT2D eigenvalue weighted by Gasteiger charge is -2.38. The Morgan fingerprint density at radius 3 is 2.61 bits per heavy atom. The maximum atomic E-state index is 11.5. The van der Waals surface area contributed by atoms with Crippen molar-refractivity contribution in [3.63, 3.8) is 0 Å². The minimum Gasteiger partial charge on any atom is -0.371 e. The lowest BCUT2D eigenvalue weighted by Crippen LogP contribution is -2.47. The smallest absolute Gasteiger partial charge is 0.291 e. The molecule has 1 aromatic carbocycles. The summed E-state index contributed by atoms with van der Waals surface area (Å²) in [5.41, 5.74) is 0.122. The van der Waals surface area contributed by atoms with Crippen molar-refractivity contribution >= 4 is 21.4 Å². The van der Waals surface area contributed by atoms with Crippen molar-refractivity contribution in [2.24, 2.45) is 11.1 Å². The Morgan fingerprint density at radius 1 is 1.35 bits per heavy atom.